The van der Waals surface area contributed by atoms with Crippen LogP contribution >= 0.6 is 0 Å². The van der Waals surface area contributed by atoms with E-state index in [4.69, 9.17) is 9.47 Å². The molecule has 0 heterocycles. The predicted molar refractivity (Wildman–Crippen MR) is 78.4 cm³/mol. The highest BCUT2D eigenvalue weighted by molar-refractivity contribution is 5.81. The van der Waals surface area contributed by atoms with Gasteiger partial charge in [-0.3, -0.25) is 4.90 Å². The molecule has 116 valence electrons. The minimum atomic E-state index is -0.631. The predicted octanol–water partition coefficient (Wildman–Crippen LogP) is 3.00. The Morgan fingerprint density at radius 2 is 1.90 bits per heavy atom. The van der Waals surface area contributed by atoms with Crippen molar-refractivity contribution < 1.29 is 19.1 Å². The number of carbonyl (C=O) groups excluding carboxylic acids is 2. The van der Waals surface area contributed by atoms with Crippen LogP contribution in [-0.4, -0.2) is 43.3 Å². The highest BCUT2D eigenvalue weighted by atomic mass is 16.6. The molecule has 0 aliphatic carbocycles. The minimum Gasteiger partial charge on any atom is -0.464 e. The SMILES string of the molecule is C=CCOC(=O)N(C)C(C(=O)OCCCCC)C(C)C. The summed E-state index contributed by atoms with van der Waals surface area (Å²) in [5.41, 5.74) is 0. The molecule has 0 aliphatic rings. The number of ether oxygens (including phenoxy) is 2. The van der Waals surface area contributed by atoms with Gasteiger partial charge in [-0.25, -0.2) is 9.59 Å². The van der Waals surface area contributed by atoms with Gasteiger partial charge in [-0.2, -0.15) is 0 Å². The van der Waals surface area contributed by atoms with Crippen LogP contribution in [0.15, 0.2) is 12.7 Å². The van der Waals surface area contributed by atoms with Crippen LogP contribution < -0.4 is 0 Å². The summed E-state index contributed by atoms with van der Waals surface area (Å²) in [4.78, 5) is 25.1. The molecular weight excluding hydrogens is 258 g/mol. The molecule has 5 heteroatoms. The molecule has 0 aromatic rings. The molecule has 1 unspecified atom stereocenters. The maximum Gasteiger partial charge on any atom is 0.410 e. The number of hydrogen-bond acceptors (Lipinski definition) is 4. The van der Waals surface area contributed by atoms with Crippen LogP contribution in [-0.2, 0) is 14.3 Å². The van der Waals surface area contributed by atoms with Gasteiger partial charge in [0.2, 0.25) is 0 Å². The number of nitrogens with zero attached hydrogens (tertiary/aromatic N) is 1. The van der Waals surface area contributed by atoms with Crippen molar-refractivity contribution in [1.82, 2.24) is 4.90 Å². The summed E-state index contributed by atoms with van der Waals surface area (Å²) < 4.78 is 10.2. The smallest absolute Gasteiger partial charge is 0.410 e. The number of esters is 1. The molecule has 0 rings (SSSR count). The average molecular weight is 285 g/mol. The Kier molecular flexibility index (Phi) is 9.51. The summed E-state index contributed by atoms with van der Waals surface area (Å²) >= 11 is 0. The van der Waals surface area contributed by atoms with Gasteiger partial charge in [0.15, 0.2) is 0 Å². The number of likely N-dealkylation sites (N-methyl/N-ethyl adjacent to an activating group) is 1. The van der Waals surface area contributed by atoms with Gasteiger partial charge in [0, 0.05) is 7.05 Å². The molecule has 0 bridgehead atoms. The van der Waals surface area contributed by atoms with E-state index in [1.54, 1.807) is 7.05 Å². The van der Waals surface area contributed by atoms with Crippen molar-refractivity contribution in [2.75, 3.05) is 20.3 Å². The summed E-state index contributed by atoms with van der Waals surface area (Å²) in [5, 5.41) is 0. The first kappa shape index (κ1) is 18.5. The zero-order valence-electron chi connectivity index (χ0n) is 13.1. The number of rotatable bonds is 9. The third-order valence-corrected chi connectivity index (χ3v) is 2.90. The van der Waals surface area contributed by atoms with Gasteiger partial charge >= 0.3 is 12.1 Å². The van der Waals surface area contributed by atoms with Crippen LogP contribution in [0.1, 0.15) is 40.0 Å². The van der Waals surface area contributed by atoms with Crippen molar-refractivity contribution in [2.45, 2.75) is 46.1 Å². The summed E-state index contributed by atoms with van der Waals surface area (Å²) in [7, 11) is 1.55. The van der Waals surface area contributed by atoms with Crippen LogP contribution in [0.25, 0.3) is 0 Å². The lowest BCUT2D eigenvalue weighted by atomic mass is 10.0. The van der Waals surface area contributed by atoms with Gasteiger partial charge in [0.25, 0.3) is 0 Å². The standard InChI is InChI=1S/C15H27NO4/c1-6-8-9-11-19-14(17)13(12(3)4)16(5)15(18)20-10-7-2/h7,12-13H,2,6,8-11H2,1,3-5H3. The molecule has 0 N–H and O–H groups in total. The largest absolute Gasteiger partial charge is 0.464 e. The van der Waals surface area contributed by atoms with E-state index in [-0.39, 0.29) is 18.5 Å². The first-order valence-corrected chi connectivity index (χ1v) is 7.12. The number of amides is 1. The Morgan fingerprint density at radius 1 is 1.25 bits per heavy atom. The van der Waals surface area contributed by atoms with E-state index < -0.39 is 12.1 Å². The third-order valence-electron chi connectivity index (χ3n) is 2.90. The Labute approximate surface area is 121 Å². The Hall–Kier alpha value is -1.52. The van der Waals surface area contributed by atoms with E-state index in [9.17, 15) is 9.59 Å². The second-order valence-corrected chi connectivity index (χ2v) is 5.04. The number of unbranched alkanes of at least 4 members (excludes halogenated alkanes) is 2. The Morgan fingerprint density at radius 3 is 2.40 bits per heavy atom. The maximum atomic E-state index is 12.1. The molecule has 0 aromatic carbocycles. The topological polar surface area (TPSA) is 55.8 Å². The van der Waals surface area contributed by atoms with Crippen LogP contribution in [0.4, 0.5) is 4.79 Å². The van der Waals surface area contributed by atoms with Gasteiger partial charge in [0.05, 0.1) is 6.61 Å². The zero-order valence-corrected chi connectivity index (χ0v) is 13.1. The second-order valence-electron chi connectivity index (χ2n) is 5.04. The van der Waals surface area contributed by atoms with E-state index in [2.05, 4.69) is 13.5 Å². The van der Waals surface area contributed by atoms with Gasteiger partial charge in [-0.05, 0) is 12.3 Å². The zero-order chi connectivity index (χ0) is 15.5. The van der Waals surface area contributed by atoms with E-state index >= 15 is 0 Å². The highest BCUT2D eigenvalue weighted by Gasteiger charge is 2.31. The maximum absolute atomic E-state index is 12.1. The molecule has 0 fully saturated rings. The van der Waals surface area contributed by atoms with Gasteiger partial charge in [-0.1, -0.05) is 46.3 Å². The van der Waals surface area contributed by atoms with Crippen LogP contribution in [0.3, 0.4) is 0 Å². The minimum absolute atomic E-state index is 0.0463. The van der Waals surface area contributed by atoms with Crippen molar-refractivity contribution in [3.63, 3.8) is 0 Å². The summed E-state index contributed by atoms with van der Waals surface area (Å²) in [6.07, 6.45) is 3.88. The number of hydrogen-bond donors (Lipinski definition) is 0. The highest BCUT2D eigenvalue weighted by Crippen LogP contribution is 2.13. The van der Waals surface area contributed by atoms with Crippen molar-refractivity contribution >= 4 is 12.1 Å². The van der Waals surface area contributed by atoms with Gasteiger partial charge in [-0.15, -0.1) is 0 Å². The number of carbonyl (C=O) groups is 2. The summed E-state index contributed by atoms with van der Waals surface area (Å²) in [5.74, 6) is -0.427. The molecule has 0 aromatic heterocycles. The second kappa shape index (κ2) is 10.3. The Bertz CT molecular complexity index is 315. The quantitative estimate of drug-likeness (QED) is 0.371. The molecular formula is C15H27NO4. The van der Waals surface area contributed by atoms with E-state index in [1.165, 1.54) is 11.0 Å². The Balaban J connectivity index is 4.49. The molecule has 1 atom stereocenters. The third kappa shape index (κ3) is 6.59. The molecule has 5 nitrogen and oxygen atoms in total. The monoisotopic (exact) mass is 285 g/mol. The van der Waals surface area contributed by atoms with Gasteiger partial charge in [0.1, 0.15) is 12.6 Å². The summed E-state index contributed by atoms with van der Waals surface area (Å²) in [6.45, 7) is 9.82. The van der Waals surface area contributed by atoms with Crippen LogP contribution in [0, 0.1) is 5.92 Å². The first-order valence-electron chi connectivity index (χ1n) is 7.12. The van der Waals surface area contributed by atoms with Crippen LogP contribution in [0.5, 0.6) is 0 Å². The van der Waals surface area contributed by atoms with Crippen LogP contribution in [0.2, 0.25) is 0 Å². The molecule has 20 heavy (non-hydrogen) atoms. The lowest BCUT2D eigenvalue weighted by Crippen LogP contribution is -2.46. The fourth-order valence-electron chi connectivity index (χ4n) is 1.83. The lowest BCUT2D eigenvalue weighted by Gasteiger charge is -2.28. The molecule has 0 saturated heterocycles. The molecule has 0 aliphatic heterocycles. The lowest BCUT2D eigenvalue weighted by molar-refractivity contribution is -0.150. The van der Waals surface area contributed by atoms with Crippen molar-refractivity contribution in [3.8, 4) is 0 Å². The van der Waals surface area contributed by atoms with Crippen molar-refractivity contribution in [3.05, 3.63) is 12.7 Å². The molecule has 0 spiro atoms. The van der Waals surface area contributed by atoms with Gasteiger partial charge < -0.3 is 9.47 Å². The fraction of sp³-hybridized carbons (Fsp3) is 0.733. The van der Waals surface area contributed by atoms with Crippen molar-refractivity contribution in [1.29, 1.82) is 0 Å². The van der Waals surface area contributed by atoms with E-state index in [0.717, 1.165) is 19.3 Å². The molecule has 1 amide bonds. The first-order chi connectivity index (χ1) is 9.45. The summed E-state index contributed by atoms with van der Waals surface area (Å²) in [6, 6.07) is -0.631. The van der Waals surface area contributed by atoms with Crippen molar-refractivity contribution in [2.24, 2.45) is 5.92 Å². The molecule has 0 radical (unpaired) electrons. The average Bonchev–Trinajstić information content (AvgIpc) is 2.40. The van der Waals surface area contributed by atoms with E-state index in [0.29, 0.717) is 6.61 Å². The normalized spacial score (nSPS) is 11.8. The van der Waals surface area contributed by atoms with E-state index in [1.807, 2.05) is 13.8 Å². The fourth-order valence-corrected chi connectivity index (χ4v) is 1.83. The molecule has 0 saturated carbocycles.